The van der Waals surface area contributed by atoms with Gasteiger partial charge in [-0.2, -0.15) is 13.2 Å². The van der Waals surface area contributed by atoms with E-state index in [4.69, 9.17) is 4.74 Å². The van der Waals surface area contributed by atoms with Crippen LogP contribution in [-0.4, -0.2) is 12.7 Å². The van der Waals surface area contributed by atoms with Crippen LogP contribution in [0.5, 0.6) is 0 Å². The standard InChI is InChI=1S/C13H13BrF3NO2/c1-12(2)6-20-11(19)18-10(12)7-3-8(13(15,16)17)5-9(14)4-7/h3-5,10H,6H2,1-2H3,(H,18,19)/t10-/m0/s1. The summed E-state index contributed by atoms with van der Waals surface area (Å²) in [6.07, 6.45) is -5.06. The Balaban J connectivity index is 2.46. The molecule has 0 saturated carbocycles. The second-order valence-electron chi connectivity index (χ2n) is 5.41. The third kappa shape index (κ3) is 3.08. The molecule has 1 amide bonds. The van der Waals surface area contributed by atoms with E-state index in [1.807, 2.05) is 13.8 Å². The maximum atomic E-state index is 12.9. The lowest BCUT2D eigenvalue weighted by molar-refractivity contribution is -0.137. The molecule has 0 spiro atoms. The van der Waals surface area contributed by atoms with Gasteiger partial charge in [0.1, 0.15) is 6.61 Å². The molecule has 1 aromatic rings. The van der Waals surface area contributed by atoms with Crippen LogP contribution in [0.1, 0.15) is 31.0 Å². The zero-order valence-corrected chi connectivity index (χ0v) is 12.4. The van der Waals surface area contributed by atoms with Gasteiger partial charge in [0.05, 0.1) is 11.6 Å². The first-order chi connectivity index (χ1) is 9.09. The zero-order valence-electron chi connectivity index (χ0n) is 10.8. The van der Waals surface area contributed by atoms with E-state index >= 15 is 0 Å². The van der Waals surface area contributed by atoms with Gasteiger partial charge in [-0.25, -0.2) is 4.79 Å². The molecule has 0 aliphatic carbocycles. The number of hydrogen-bond donors (Lipinski definition) is 1. The van der Waals surface area contributed by atoms with Crippen molar-refractivity contribution in [1.82, 2.24) is 5.32 Å². The van der Waals surface area contributed by atoms with Crippen molar-refractivity contribution >= 4 is 22.0 Å². The van der Waals surface area contributed by atoms with Gasteiger partial charge in [0.2, 0.25) is 0 Å². The van der Waals surface area contributed by atoms with Gasteiger partial charge < -0.3 is 10.1 Å². The minimum atomic E-state index is -4.43. The van der Waals surface area contributed by atoms with Crippen LogP contribution in [-0.2, 0) is 10.9 Å². The Morgan fingerprint density at radius 2 is 2.00 bits per heavy atom. The quantitative estimate of drug-likeness (QED) is 0.820. The van der Waals surface area contributed by atoms with Crippen LogP contribution >= 0.6 is 15.9 Å². The number of hydrogen-bond acceptors (Lipinski definition) is 2. The summed E-state index contributed by atoms with van der Waals surface area (Å²) >= 11 is 3.08. The molecule has 0 aromatic heterocycles. The van der Waals surface area contributed by atoms with Crippen molar-refractivity contribution in [2.45, 2.75) is 26.1 Å². The summed E-state index contributed by atoms with van der Waals surface area (Å²) in [5.41, 5.74) is -0.857. The Hall–Kier alpha value is -1.24. The lowest BCUT2D eigenvalue weighted by Gasteiger charge is -2.38. The van der Waals surface area contributed by atoms with Crippen molar-refractivity contribution in [3.63, 3.8) is 0 Å². The lowest BCUT2D eigenvalue weighted by Crippen LogP contribution is -2.47. The van der Waals surface area contributed by atoms with Crippen LogP contribution in [0.2, 0.25) is 0 Å². The van der Waals surface area contributed by atoms with Crippen LogP contribution in [0.25, 0.3) is 0 Å². The summed E-state index contributed by atoms with van der Waals surface area (Å²) in [6, 6.07) is 3.11. The number of benzene rings is 1. The van der Waals surface area contributed by atoms with E-state index in [0.717, 1.165) is 12.1 Å². The van der Waals surface area contributed by atoms with Crippen LogP contribution in [0, 0.1) is 5.41 Å². The monoisotopic (exact) mass is 351 g/mol. The largest absolute Gasteiger partial charge is 0.449 e. The first-order valence-corrected chi connectivity index (χ1v) is 6.70. The second-order valence-corrected chi connectivity index (χ2v) is 6.33. The Morgan fingerprint density at radius 1 is 1.35 bits per heavy atom. The highest BCUT2D eigenvalue weighted by Gasteiger charge is 2.39. The number of amides is 1. The van der Waals surface area contributed by atoms with Crippen LogP contribution in [0.3, 0.4) is 0 Å². The molecule has 1 saturated heterocycles. The fourth-order valence-electron chi connectivity index (χ4n) is 2.17. The molecular weight excluding hydrogens is 339 g/mol. The van der Waals surface area contributed by atoms with Crippen molar-refractivity contribution in [1.29, 1.82) is 0 Å². The van der Waals surface area contributed by atoms with E-state index in [-0.39, 0.29) is 6.61 Å². The van der Waals surface area contributed by atoms with Crippen molar-refractivity contribution in [2.24, 2.45) is 5.41 Å². The third-order valence-electron chi connectivity index (χ3n) is 3.20. The number of nitrogens with one attached hydrogen (secondary N) is 1. The summed E-state index contributed by atoms with van der Waals surface area (Å²) in [6.45, 7) is 3.80. The molecule has 20 heavy (non-hydrogen) atoms. The number of alkyl halides is 3. The van der Waals surface area contributed by atoms with Gasteiger partial charge in [-0.05, 0) is 23.8 Å². The number of ether oxygens (including phenoxy) is 1. The van der Waals surface area contributed by atoms with Gasteiger partial charge in [0.25, 0.3) is 0 Å². The molecule has 0 radical (unpaired) electrons. The molecule has 7 heteroatoms. The average Bonchev–Trinajstić information content (AvgIpc) is 2.30. The minimum Gasteiger partial charge on any atom is -0.449 e. The Morgan fingerprint density at radius 3 is 2.60 bits per heavy atom. The van der Waals surface area contributed by atoms with E-state index in [0.29, 0.717) is 10.0 Å². The molecule has 2 rings (SSSR count). The number of alkyl carbamates (subject to hydrolysis) is 1. The SMILES string of the molecule is CC1(C)COC(=O)N[C@H]1c1cc(Br)cc(C(F)(F)F)c1. The molecule has 110 valence electrons. The number of rotatable bonds is 1. The van der Waals surface area contributed by atoms with Crippen LogP contribution in [0.15, 0.2) is 22.7 Å². The molecule has 0 bridgehead atoms. The summed E-state index contributed by atoms with van der Waals surface area (Å²) in [4.78, 5) is 11.3. The highest BCUT2D eigenvalue weighted by Crippen LogP contribution is 2.40. The van der Waals surface area contributed by atoms with Crippen molar-refractivity contribution in [2.75, 3.05) is 6.61 Å². The van der Waals surface area contributed by atoms with Gasteiger partial charge in [-0.1, -0.05) is 29.8 Å². The lowest BCUT2D eigenvalue weighted by atomic mass is 9.80. The van der Waals surface area contributed by atoms with E-state index < -0.39 is 29.3 Å². The fourth-order valence-corrected chi connectivity index (χ4v) is 2.68. The van der Waals surface area contributed by atoms with E-state index in [1.165, 1.54) is 0 Å². The molecule has 0 unspecified atom stereocenters. The second kappa shape index (κ2) is 4.95. The molecule has 1 aromatic carbocycles. The maximum Gasteiger partial charge on any atom is 0.416 e. The van der Waals surface area contributed by atoms with Crippen molar-refractivity contribution < 1.29 is 22.7 Å². The molecule has 1 aliphatic rings. The minimum absolute atomic E-state index is 0.150. The zero-order chi connectivity index (χ0) is 15.1. The maximum absolute atomic E-state index is 12.9. The number of cyclic esters (lactones) is 1. The van der Waals surface area contributed by atoms with Gasteiger partial charge >= 0.3 is 12.3 Å². The fraction of sp³-hybridized carbons (Fsp3) is 0.462. The molecule has 1 N–H and O–H groups in total. The first-order valence-electron chi connectivity index (χ1n) is 5.90. The molecule has 1 atom stereocenters. The van der Waals surface area contributed by atoms with Gasteiger partial charge in [-0.3, -0.25) is 0 Å². The first kappa shape index (κ1) is 15.2. The predicted molar refractivity (Wildman–Crippen MR) is 70.1 cm³/mol. The summed E-state index contributed by atoms with van der Waals surface area (Å²) in [5, 5.41) is 2.58. The van der Waals surface area contributed by atoms with Gasteiger partial charge in [0, 0.05) is 9.89 Å². The topological polar surface area (TPSA) is 38.3 Å². The number of halogens is 4. The predicted octanol–water partition coefficient (Wildman–Crippen LogP) is 4.28. The molecule has 1 fully saturated rings. The van der Waals surface area contributed by atoms with E-state index in [9.17, 15) is 18.0 Å². The smallest absolute Gasteiger partial charge is 0.416 e. The summed E-state index contributed by atoms with van der Waals surface area (Å²) < 4.78 is 43.8. The Bertz CT molecular complexity index is 543. The molecule has 1 heterocycles. The van der Waals surface area contributed by atoms with E-state index in [2.05, 4.69) is 21.2 Å². The van der Waals surface area contributed by atoms with Crippen LogP contribution < -0.4 is 5.32 Å². The molecule has 3 nitrogen and oxygen atoms in total. The summed E-state index contributed by atoms with van der Waals surface area (Å²) in [5.74, 6) is 0. The molecular formula is C13H13BrF3NO2. The number of carbonyl (C=O) groups excluding carboxylic acids is 1. The Labute approximate surface area is 122 Å². The highest BCUT2D eigenvalue weighted by atomic mass is 79.9. The van der Waals surface area contributed by atoms with Gasteiger partial charge in [0.15, 0.2) is 0 Å². The van der Waals surface area contributed by atoms with E-state index in [1.54, 1.807) is 6.07 Å². The molecule has 1 aliphatic heterocycles. The highest BCUT2D eigenvalue weighted by molar-refractivity contribution is 9.10. The van der Waals surface area contributed by atoms with Crippen molar-refractivity contribution in [3.05, 3.63) is 33.8 Å². The summed E-state index contributed by atoms with van der Waals surface area (Å²) in [7, 11) is 0. The van der Waals surface area contributed by atoms with Crippen molar-refractivity contribution in [3.8, 4) is 0 Å². The normalized spacial score (nSPS) is 22.1. The third-order valence-corrected chi connectivity index (χ3v) is 3.66. The average molecular weight is 352 g/mol. The van der Waals surface area contributed by atoms with Gasteiger partial charge in [-0.15, -0.1) is 0 Å². The Kier molecular flexibility index (Phi) is 3.75. The number of carbonyl (C=O) groups is 1. The van der Waals surface area contributed by atoms with Crippen LogP contribution in [0.4, 0.5) is 18.0 Å².